The first-order chi connectivity index (χ1) is 9.11. The zero-order valence-corrected chi connectivity index (χ0v) is 10.4. The van der Waals surface area contributed by atoms with Gasteiger partial charge in [0.2, 0.25) is 5.91 Å². The maximum atomic E-state index is 13.3. The Morgan fingerprint density at radius 2 is 2.42 bits per heavy atom. The van der Waals surface area contributed by atoms with E-state index in [0.717, 1.165) is 6.42 Å². The zero-order valence-electron chi connectivity index (χ0n) is 10.4. The first kappa shape index (κ1) is 13.8. The molecule has 1 amide bonds. The molecule has 5 nitrogen and oxygen atoms in total. The van der Waals surface area contributed by atoms with Gasteiger partial charge in [0.15, 0.2) is 0 Å². The molecule has 2 rings (SSSR count). The lowest BCUT2D eigenvalue weighted by atomic mass is 10.0. The molecule has 104 valence electrons. The summed E-state index contributed by atoms with van der Waals surface area (Å²) >= 11 is 0. The van der Waals surface area contributed by atoms with Crippen LogP contribution in [0, 0.1) is 5.82 Å². The number of nitrogens with two attached hydrogens (primary N) is 1. The van der Waals surface area contributed by atoms with Crippen molar-refractivity contribution in [2.75, 3.05) is 13.2 Å². The monoisotopic (exact) mass is 268 g/mol. The molecule has 1 heterocycles. The van der Waals surface area contributed by atoms with Gasteiger partial charge in [-0.1, -0.05) is 0 Å². The van der Waals surface area contributed by atoms with Crippen LogP contribution in [0.25, 0.3) is 0 Å². The van der Waals surface area contributed by atoms with Crippen LogP contribution in [0.1, 0.15) is 24.4 Å². The minimum absolute atomic E-state index is 0.349. The smallest absolute Gasteiger partial charge is 0.239 e. The first-order valence-electron chi connectivity index (χ1n) is 6.21. The van der Waals surface area contributed by atoms with Gasteiger partial charge in [0.1, 0.15) is 17.6 Å². The van der Waals surface area contributed by atoms with E-state index >= 15 is 0 Å². The SMILES string of the molecule is NC(CO)C(=O)NC1CCCOc2ccc(F)cc21. The van der Waals surface area contributed by atoms with Crippen LogP contribution in [0.2, 0.25) is 0 Å². The van der Waals surface area contributed by atoms with Gasteiger partial charge in [-0.05, 0) is 31.0 Å². The largest absolute Gasteiger partial charge is 0.493 e. The van der Waals surface area contributed by atoms with Gasteiger partial charge < -0.3 is 20.9 Å². The molecule has 2 atom stereocenters. The lowest BCUT2D eigenvalue weighted by Crippen LogP contribution is -2.44. The van der Waals surface area contributed by atoms with Crippen molar-refractivity contribution in [2.24, 2.45) is 5.73 Å². The number of nitrogens with one attached hydrogen (secondary N) is 1. The number of hydrogen-bond acceptors (Lipinski definition) is 4. The number of ether oxygens (including phenoxy) is 1. The Kier molecular flexibility index (Phi) is 4.34. The fourth-order valence-corrected chi connectivity index (χ4v) is 2.06. The third kappa shape index (κ3) is 3.21. The molecule has 0 radical (unpaired) electrons. The number of carbonyl (C=O) groups excluding carboxylic acids is 1. The van der Waals surface area contributed by atoms with E-state index in [9.17, 15) is 9.18 Å². The average Bonchev–Trinajstić information content (AvgIpc) is 2.60. The summed E-state index contributed by atoms with van der Waals surface area (Å²) in [5, 5.41) is 11.6. The molecule has 0 spiro atoms. The highest BCUT2D eigenvalue weighted by molar-refractivity contribution is 5.82. The molecule has 1 aromatic carbocycles. The third-order valence-corrected chi connectivity index (χ3v) is 3.09. The summed E-state index contributed by atoms with van der Waals surface area (Å²) in [6.45, 7) is 0.0993. The van der Waals surface area contributed by atoms with Crippen LogP contribution < -0.4 is 15.8 Å². The van der Waals surface area contributed by atoms with Crippen molar-refractivity contribution in [3.05, 3.63) is 29.6 Å². The summed E-state index contributed by atoms with van der Waals surface area (Å²) in [6.07, 6.45) is 1.38. The Morgan fingerprint density at radius 1 is 1.63 bits per heavy atom. The van der Waals surface area contributed by atoms with Crippen molar-refractivity contribution in [1.29, 1.82) is 0 Å². The molecule has 0 fully saturated rings. The number of amides is 1. The molecule has 0 saturated heterocycles. The van der Waals surface area contributed by atoms with E-state index in [1.807, 2.05) is 0 Å². The lowest BCUT2D eigenvalue weighted by molar-refractivity contribution is -0.123. The molecule has 2 unspecified atom stereocenters. The summed E-state index contributed by atoms with van der Waals surface area (Å²) in [6, 6.07) is 2.92. The number of benzene rings is 1. The Bertz CT molecular complexity index is 467. The van der Waals surface area contributed by atoms with Crippen molar-refractivity contribution < 1.29 is 19.0 Å². The maximum Gasteiger partial charge on any atom is 0.239 e. The molecule has 19 heavy (non-hydrogen) atoms. The number of aliphatic hydroxyl groups excluding tert-OH is 1. The molecule has 0 aliphatic carbocycles. The molecule has 4 N–H and O–H groups in total. The molecule has 0 aromatic heterocycles. The second-order valence-corrected chi connectivity index (χ2v) is 4.52. The van der Waals surface area contributed by atoms with E-state index in [4.69, 9.17) is 15.6 Å². The van der Waals surface area contributed by atoms with Gasteiger partial charge in [-0.25, -0.2) is 4.39 Å². The van der Waals surface area contributed by atoms with E-state index in [2.05, 4.69) is 5.32 Å². The topological polar surface area (TPSA) is 84.6 Å². The minimum atomic E-state index is -0.971. The molecule has 1 aliphatic heterocycles. The number of hydrogen-bond donors (Lipinski definition) is 3. The second kappa shape index (κ2) is 5.99. The summed E-state index contributed by atoms with van der Waals surface area (Å²) in [7, 11) is 0. The highest BCUT2D eigenvalue weighted by Crippen LogP contribution is 2.32. The molecule has 6 heteroatoms. The Morgan fingerprint density at radius 3 is 3.16 bits per heavy atom. The minimum Gasteiger partial charge on any atom is -0.493 e. The van der Waals surface area contributed by atoms with Crippen LogP contribution in [0.3, 0.4) is 0 Å². The lowest BCUT2D eigenvalue weighted by Gasteiger charge is -2.20. The third-order valence-electron chi connectivity index (χ3n) is 3.09. The maximum absolute atomic E-state index is 13.3. The fourth-order valence-electron chi connectivity index (χ4n) is 2.06. The standard InChI is InChI=1S/C13H17FN2O3/c14-8-3-4-12-9(6-8)11(2-1-5-19-12)16-13(18)10(15)7-17/h3-4,6,10-11,17H,1-2,5,7,15H2,(H,16,18). The van der Waals surface area contributed by atoms with Crippen LogP contribution in [-0.2, 0) is 4.79 Å². The summed E-state index contributed by atoms with van der Waals surface area (Å²) in [5.74, 6) is -0.263. The van der Waals surface area contributed by atoms with Crippen molar-refractivity contribution in [3.63, 3.8) is 0 Å². The van der Waals surface area contributed by atoms with Crippen molar-refractivity contribution in [1.82, 2.24) is 5.32 Å². The summed E-state index contributed by atoms with van der Waals surface area (Å²) in [5.41, 5.74) is 6.06. The number of fused-ring (bicyclic) bond motifs is 1. The van der Waals surface area contributed by atoms with Crippen LogP contribution in [0.5, 0.6) is 5.75 Å². The highest BCUT2D eigenvalue weighted by atomic mass is 19.1. The predicted octanol–water partition coefficient (Wildman–Crippen LogP) is 0.475. The van der Waals surface area contributed by atoms with Gasteiger partial charge in [-0.2, -0.15) is 0 Å². The van der Waals surface area contributed by atoms with E-state index in [1.165, 1.54) is 12.1 Å². The molecular weight excluding hydrogens is 251 g/mol. The van der Waals surface area contributed by atoms with Crippen LogP contribution in [0.15, 0.2) is 18.2 Å². The number of carbonyl (C=O) groups is 1. The van der Waals surface area contributed by atoms with E-state index in [-0.39, 0.29) is 11.9 Å². The Balaban J connectivity index is 2.21. The molecular formula is C13H17FN2O3. The summed E-state index contributed by atoms with van der Waals surface area (Å²) < 4.78 is 18.8. The molecule has 0 bridgehead atoms. The predicted molar refractivity (Wildman–Crippen MR) is 67.1 cm³/mol. The van der Waals surface area contributed by atoms with Crippen molar-refractivity contribution in [2.45, 2.75) is 24.9 Å². The van der Waals surface area contributed by atoms with Crippen molar-refractivity contribution >= 4 is 5.91 Å². The van der Waals surface area contributed by atoms with E-state index in [0.29, 0.717) is 24.3 Å². The normalized spacial score (nSPS) is 19.8. The van der Waals surface area contributed by atoms with Gasteiger partial charge in [-0.3, -0.25) is 4.79 Å². The van der Waals surface area contributed by atoms with Crippen LogP contribution in [-0.4, -0.2) is 30.3 Å². The number of halogens is 1. The average molecular weight is 268 g/mol. The highest BCUT2D eigenvalue weighted by Gasteiger charge is 2.24. The van der Waals surface area contributed by atoms with Gasteiger partial charge in [0.25, 0.3) is 0 Å². The van der Waals surface area contributed by atoms with E-state index in [1.54, 1.807) is 6.07 Å². The quantitative estimate of drug-likeness (QED) is 0.744. The molecule has 0 saturated carbocycles. The number of aliphatic hydroxyl groups is 1. The first-order valence-corrected chi connectivity index (χ1v) is 6.21. The van der Waals surface area contributed by atoms with Crippen molar-refractivity contribution in [3.8, 4) is 5.75 Å². The van der Waals surface area contributed by atoms with Gasteiger partial charge in [-0.15, -0.1) is 0 Å². The second-order valence-electron chi connectivity index (χ2n) is 4.52. The Labute approximate surface area is 110 Å². The zero-order chi connectivity index (χ0) is 13.8. The Hall–Kier alpha value is -1.66. The fraction of sp³-hybridized carbons (Fsp3) is 0.462. The van der Waals surface area contributed by atoms with Gasteiger partial charge in [0.05, 0.1) is 19.3 Å². The number of rotatable bonds is 3. The summed E-state index contributed by atoms with van der Waals surface area (Å²) in [4.78, 5) is 11.7. The van der Waals surface area contributed by atoms with Gasteiger partial charge >= 0.3 is 0 Å². The van der Waals surface area contributed by atoms with Crippen LogP contribution in [0.4, 0.5) is 4.39 Å². The molecule has 1 aliphatic rings. The molecule has 1 aromatic rings. The van der Waals surface area contributed by atoms with Crippen LogP contribution >= 0.6 is 0 Å². The van der Waals surface area contributed by atoms with Gasteiger partial charge in [0, 0.05) is 5.56 Å². The van der Waals surface area contributed by atoms with E-state index < -0.39 is 18.6 Å².